The van der Waals surface area contributed by atoms with Crippen LogP contribution < -0.4 is 0 Å². The van der Waals surface area contributed by atoms with Crippen molar-refractivity contribution in [2.24, 2.45) is 0 Å². The van der Waals surface area contributed by atoms with Crippen molar-refractivity contribution in [1.29, 1.82) is 0 Å². The molecule has 3 N–H and O–H groups in total. The summed E-state index contributed by atoms with van der Waals surface area (Å²) in [6.07, 6.45) is 40.4. The van der Waals surface area contributed by atoms with E-state index in [-0.39, 0.29) is 25.6 Å². The first kappa shape index (κ1) is 52.2. The van der Waals surface area contributed by atoms with Crippen LogP contribution in [0.15, 0.2) is 12.2 Å². The maximum Gasteiger partial charge on any atom is 0.472 e. The van der Waals surface area contributed by atoms with E-state index in [1.54, 1.807) is 0 Å². The van der Waals surface area contributed by atoms with Crippen LogP contribution in [0.2, 0.25) is 0 Å². The highest BCUT2D eigenvalue weighted by atomic mass is 31.2. The number of ether oxygens (including phenoxy) is 2. The van der Waals surface area contributed by atoms with Crippen LogP contribution in [0, 0.1) is 0 Å². The molecule has 0 amide bonds. The van der Waals surface area contributed by atoms with E-state index in [1.165, 1.54) is 141 Å². The highest BCUT2D eigenvalue weighted by molar-refractivity contribution is 7.47. The van der Waals surface area contributed by atoms with E-state index in [0.717, 1.165) is 51.4 Å². The van der Waals surface area contributed by atoms with E-state index in [9.17, 15) is 19.4 Å². The van der Waals surface area contributed by atoms with E-state index < -0.39 is 33.2 Å². The number of hydrogen-bond acceptors (Lipinski definition) is 8. The summed E-state index contributed by atoms with van der Waals surface area (Å²) in [6, 6.07) is 0. The summed E-state index contributed by atoms with van der Waals surface area (Å²) < 4.78 is 33.3. The topological polar surface area (TPSA) is 132 Å². The monoisotopic (exact) mass is 777 g/mol. The number of hydrogen-bond donors (Lipinski definition) is 3. The van der Waals surface area contributed by atoms with Gasteiger partial charge in [-0.3, -0.25) is 13.8 Å². The minimum absolute atomic E-state index is 0.0500. The Labute approximate surface area is 326 Å². The third kappa shape index (κ3) is 40.7. The van der Waals surface area contributed by atoms with Gasteiger partial charge in [-0.2, -0.15) is 0 Å². The third-order valence-electron chi connectivity index (χ3n) is 9.68. The second-order valence-electron chi connectivity index (χ2n) is 15.1. The van der Waals surface area contributed by atoms with Gasteiger partial charge in [-0.25, -0.2) is 4.57 Å². The Morgan fingerprint density at radius 2 is 1.00 bits per heavy atom. The number of aliphatic hydroxyl groups excluding tert-OH is 2. The van der Waals surface area contributed by atoms with Gasteiger partial charge < -0.3 is 24.6 Å². The number of carbonyl (C=O) groups is 1. The summed E-state index contributed by atoms with van der Waals surface area (Å²) >= 11 is 0. The molecule has 0 aromatic carbocycles. The van der Waals surface area contributed by atoms with Crippen molar-refractivity contribution in [2.45, 2.75) is 225 Å². The lowest BCUT2D eigenvalue weighted by molar-refractivity contribution is -0.154. The molecule has 0 bridgehead atoms. The SMILES string of the molecule is CCC/C=C\CCCCCCCCOCC(COP(=O)(O)OCC(O)CO)OC(=O)CCCCCCCCCCCCCCCCCCCCCCC. The van der Waals surface area contributed by atoms with Crippen molar-refractivity contribution in [3.05, 3.63) is 12.2 Å². The summed E-state index contributed by atoms with van der Waals surface area (Å²) in [4.78, 5) is 22.6. The first-order valence-corrected chi connectivity index (χ1v) is 23.7. The Morgan fingerprint density at radius 1 is 0.566 bits per heavy atom. The number of aliphatic hydroxyl groups is 2. The molecule has 10 heteroatoms. The lowest BCUT2D eigenvalue weighted by atomic mass is 10.0. The fourth-order valence-corrected chi connectivity index (χ4v) is 7.09. The van der Waals surface area contributed by atoms with Crippen LogP contribution in [-0.2, 0) is 27.9 Å². The van der Waals surface area contributed by atoms with Crippen LogP contribution in [0.4, 0.5) is 0 Å². The Balaban J connectivity index is 4.04. The maximum absolute atomic E-state index is 12.6. The highest BCUT2D eigenvalue weighted by Crippen LogP contribution is 2.43. The fraction of sp³-hybridized carbons (Fsp3) is 0.930. The first-order chi connectivity index (χ1) is 25.8. The van der Waals surface area contributed by atoms with Gasteiger partial charge in [0, 0.05) is 13.0 Å². The zero-order chi connectivity index (χ0) is 38.9. The normalized spacial score (nSPS) is 14.1. The van der Waals surface area contributed by atoms with E-state index >= 15 is 0 Å². The molecule has 316 valence electrons. The van der Waals surface area contributed by atoms with Crippen LogP contribution in [0.1, 0.15) is 213 Å². The Hall–Kier alpha value is -0.800. The van der Waals surface area contributed by atoms with Gasteiger partial charge in [0.25, 0.3) is 0 Å². The molecule has 0 fully saturated rings. The fourth-order valence-electron chi connectivity index (χ4n) is 6.30. The molecule has 0 rings (SSSR count). The number of phosphoric acid groups is 1. The van der Waals surface area contributed by atoms with Crippen LogP contribution in [-0.4, -0.2) is 66.3 Å². The average molecular weight is 777 g/mol. The molecule has 0 spiro atoms. The second-order valence-corrected chi connectivity index (χ2v) is 16.5. The van der Waals surface area contributed by atoms with Gasteiger partial charge in [0.1, 0.15) is 12.2 Å². The molecule has 3 atom stereocenters. The summed E-state index contributed by atoms with van der Waals surface area (Å²) in [6.45, 7) is 3.49. The molecule has 0 saturated carbocycles. The van der Waals surface area contributed by atoms with Crippen LogP contribution in [0.5, 0.6) is 0 Å². The van der Waals surface area contributed by atoms with Crippen molar-refractivity contribution in [2.75, 3.05) is 33.0 Å². The number of phosphoric ester groups is 1. The zero-order valence-electron chi connectivity index (χ0n) is 34.5. The van der Waals surface area contributed by atoms with Crippen molar-refractivity contribution in [3.8, 4) is 0 Å². The smallest absolute Gasteiger partial charge is 0.457 e. The van der Waals surface area contributed by atoms with E-state index in [0.29, 0.717) is 6.61 Å². The minimum Gasteiger partial charge on any atom is -0.457 e. The molecule has 53 heavy (non-hydrogen) atoms. The lowest BCUT2D eigenvalue weighted by Gasteiger charge is -2.20. The van der Waals surface area contributed by atoms with E-state index in [4.69, 9.17) is 23.6 Å². The largest absolute Gasteiger partial charge is 0.472 e. The average Bonchev–Trinajstić information content (AvgIpc) is 3.15. The first-order valence-electron chi connectivity index (χ1n) is 22.2. The Morgan fingerprint density at radius 3 is 1.49 bits per heavy atom. The zero-order valence-corrected chi connectivity index (χ0v) is 35.4. The van der Waals surface area contributed by atoms with Crippen molar-refractivity contribution < 1.29 is 43.0 Å². The molecule has 0 aromatic heterocycles. The van der Waals surface area contributed by atoms with Crippen molar-refractivity contribution >= 4 is 13.8 Å². The number of unbranched alkanes of at least 4 members (excludes halogenated alkanes) is 27. The van der Waals surface area contributed by atoms with Crippen LogP contribution in [0.25, 0.3) is 0 Å². The van der Waals surface area contributed by atoms with Gasteiger partial charge in [-0.1, -0.05) is 187 Å². The Kier molecular flexibility index (Phi) is 40.2. The molecular formula is C43H85O9P. The standard InChI is InChI=1S/C43H85O9P/c1-3-5-7-9-11-13-15-16-17-18-19-20-21-22-23-24-25-27-29-31-33-35-43(46)52-42(40-51-53(47,48)50-38-41(45)37-44)39-49-36-34-32-30-28-26-14-12-10-8-6-4-2/h8,10,41-42,44-45H,3-7,9,11-40H2,1-2H3,(H,47,48)/b10-8-. The molecular weight excluding hydrogens is 691 g/mol. The summed E-state index contributed by atoms with van der Waals surface area (Å²) in [5.74, 6) is -0.381. The molecule has 9 nitrogen and oxygen atoms in total. The Bertz CT molecular complexity index is 841. The van der Waals surface area contributed by atoms with Gasteiger partial charge in [-0.15, -0.1) is 0 Å². The quantitative estimate of drug-likeness (QED) is 0.0240. The third-order valence-corrected chi connectivity index (χ3v) is 10.6. The minimum atomic E-state index is -4.51. The highest BCUT2D eigenvalue weighted by Gasteiger charge is 2.26. The number of esters is 1. The van der Waals surface area contributed by atoms with Gasteiger partial charge in [0.15, 0.2) is 0 Å². The summed E-state index contributed by atoms with van der Waals surface area (Å²) in [5.41, 5.74) is 0. The van der Waals surface area contributed by atoms with Crippen LogP contribution in [0.3, 0.4) is 0 Å². The van der Waals surface area contributed by atoms with Gasteiger partial charge in [-0.05, 0) is 32.1 Å². The number of carbonyl (C=O) groups excluding carboxylic acids is 1. The van der Waals surface area contributed by atoms with Gasteiger partial charge in [0.2, 0.25) is 0 Å². The summed E-state index contributed by atoms with van der Waals surface area (Å²) in [5, 5.41) is 18.3. The molecule has 0 heterocycles. The molecule has 0 radical (unpaired) electrons. The molecule has 0 aromatic rings. The predicted molar refractivity (Wildman–Crippen MR) is 219 cm³/mol. The van der Waals surface area contributed by atoms with E-state index in [1.807, 2.05) is 0 Å². The predicted octanol–water partition coefficient (Wildman–Crippen LogP) is 12.1. The van der Waals surface area contributed by atoms with Crippen molar-refractivity contribution in [1.82, 2.24) is 0 Å². The van der Waals surface area contributed by atoms with Crippen LogP contribution >= 0.6 is 7.82 Å². The maximum atomic E-state index is 12.6. The van der Waals surface area contributed by atoms with Crippen molar-refractivity contribution in [3.63, 3.8) is 0 Å². The molecule has 0 aliphatic carbocycles. The number of rotatable bonds is 43. The second kappa shape index (κ2) is 40.9. The molecule has 3 unspecified atom stereocenters. The summed E-state index contributed by atoms with van der Waals surface area (Å²) in [7, 11) is -4.51. The van der Waals surface area contributed by atoms with Gasteiger partial charge in [0.05, 0.1) is 26.4 Å². The molecule has 0 saturated heterocycles. The number of allylic oxidation sites excluding steroid dienone is 2. The molecule has 0 aliphatic rings. The lowest BCUT2D eigenvalue weighted by Crippen LogP contribution is -2.29. The van der Waals surface area contributed by atoms with E-state index in [2.05, 4.69) is 26.0 Å². The molecule has 0 aliphatic heterocycles. The van der Waals surface area contributed by atoms with Gasteiger partial charge >= 0.3 is 13.8 Å².